The highest BCUT2D eigenvalue weighted by atomic mass is 16.7. The van der Waals surface area contributed by atoms with Crippen LogP contribution in [0.1, 0.15) is 86.0 Å². The van der Waals surface area contributed by atoms with Gasteiger partial charge in [0.15, 0.2) is 5.79 Å². The largest absolute Gasteiger partial charge is 0.478 e. The van der Waals surface area contributed by atoms with E-state index in [0.29, 0.717) is 18.8 Å². The fourth-order valence-electron chi connectivity index (χ4n) is 12.9. The highest BCUT2D eigenvalue weighted by molar-refractivity contribution is 5.86. The zero-order valence-electron chi connectivity index (χ0n) is 28.9. The molecule has 268 valence electrons. The number of aliphatic hydroxyl groups excluding tert-OH is 2. The van der Waals surface area contributed by atoms with Crippen LogP contribution in [0.5, 0.6) is 0 Å². The Labute approximate surface area is 282 Å². The van der Waals surface area contributed by atoms with Crippen LogP contribution in [0.3, 0.4) is 0 Å². The summed E-state index contributed by atoms with van der Waals surface area (Å²) in [5, 5.41) is 81.4. The molecule has 7 rings (SSSR count). The van der Waals surface area contributed by atoms with E-state index in [4.69, 9.17) is 4.74 Å². The van der Waals surface area contributed by atoms with Crippen LogP contribution in [0.25, 0.3) is 0 Å². The van der Waals surface area contributed by atoms with Crippen LogP contribution >= 0.6 is 0 Å². The van der Waals surface area contributed by atoms with Gasteiger partial charge >= 0.3 is 11.9 Å². The summed E-state index contributed by atoms with van der Waals surface area (Å²) in [5.74, 6) is -6.15. The Balaban J connectivity index is 1.35. The number of fused-ring (bicyclic) bond motifs is 5. The van der Waals surface area contributed by atoms with E-state index in [9.17, 15) is 45.3 Å². The minimum absolute atomic E-state index is 0.0284. The third-order valence-electron chi connectivity index (χ3n) is 15.4. The van der Waals surface area contributed by atoms with Gasteiger partial charge in [-0.05, 0) is 88.4 Å². The highest BCUT2D eigenvalue weighted by Gasteiger charge is 2.85. The lowest BCUT2D eigenvalue weighted by Gasteiger charge is -2.62. The van der Waals surface area contributed by atoms with Gasteiger partial charge in [0.2, 0.25) is 0 Å². The molecule has 0 radical (unpaired) electrons. The molecule has 16 atom stereocenters. The van der Waals surface area contributed by atoms with E-state index >= 15 is 0 Å². The van der Waals surface area contributed by atoms with Gasteiger partial charge in [0.05, 0.1) is 23.4 Å². The van der Waals surface area contributed by atoms with Crippen molar-refractivity contribution in [3.8, 4) is 0 Å². The maximum Gasteiger partial charge on any atom is 0.330 e. The van der Waals surface area contributed by atoms with Gasteiger partial charge < -0.3 is 40.5 Å². The summed E-state index contributed by atoms with van der Waals surface area (Å²) in [6.45, 7) is 11.1. The molecule has 7 aliphatic rings. The van der Waals surface area contributed by atoms with Gasteiger partial charge in [0.1, 0.15) is 5.60 Å². The molecule has 0 amide bonds. The van der Waals surface area contributed by atoms with E-state index in [0.717, 1.165) is 25.9 Å². The smallest absolute Gasteiger partial charge is 0.330 e. The molecule has 11 heteroatoms. The van der Waals surface area contributed by atoms with Crippen molar-refractivity contribution >= 4 is 11.9 Å². The lowest BCUT2D eigenvalue weighted by molar-refractivity contribution is -0.322. The molecule has 4 saturated carbocycles. The first-order chi connectivity index (χ1) is 22.3. The number of rotatable bonds is 6. The minimum atomic E-state index is -2.07. The van der Waals surface area contributed by atoms with Gasteiger partial charge in [-0.2, -0.15) is 0 Å². The Bertz CT molecular complexity index is 1430. The van der Waals surface area contributed by atoms with E-state index < -0.39 is 69.9 Å². The summed E-state index contributed by atoms with van der Waals surface area (Å²) in [4.78, 5) is 26.0. The fraction of sp³-hybridized carbons (Fsp3) is 0.838. The fourth-order valence-corrected chi connectivity index (χ4v) is 12.9. The summed E-state index contributed by atoms with van der Waals surface area (Å²) in [5.41, 5.74) is -5.26. The van der Waals surface area contributed by atoms with E-state index in [1.807, 2.05) is 0 Å². The number of aliphatic hydroxyl groups is 5. The first-order valence-corrected chi connectivity index (χ1v) is 18.1. The van der Waals surface area contributed by atoms with Crippen LogP contribution in [0, 0.1) is 52.8 Å². The maximum absolute atomic E-state index is 13.0. The molecule has 0 aromatic carbocycles. The number of hydrogen-bond donors (Lipinski definition) is 7. The van der Waals surface area contributed by atoms with Crippen LogP contribution in [-0.2, 0) is 14.3 Å². The molecule has 1 unspecified atom stereocenters. The number of hydrogen-bond acceptors (Lipinski definition) is 9. The molecule has 1 spiro atoms. The predicted molar refractivity (Wildman–Crippen MR) is 173 cm³/mol. The molecule has 3 aliphatic heterocycles. The first-order valence-electron chi connectivity index (χ1n) is 18.1. The van der Waals surface area contributed by atoms with E-state index in [-0.39, 0.29) is 66.5 Å². The van der Waals surface area contributed by atoms with Crippen molar-refractivity contribution < 1.29 is 50.1 Å². The van der Waals surface area contributed by atoms with Gasteiger partial charge in [-0.25, -0.2) is 9.59 Å². The number of carboxylic acid groups (broad SMARTS) is 2. The van der Waals surface area contributed by atoms with Crippen molar-refractivity contribution in [2.75, 3.05) is 13.1 Å². The Kier molecular flexibility index (Phi) is 7.97. The highest BCUT2D eigenvalue weighted by Crippen LogP contribution is 2.78. The average molecular weight is 674 g/mol. The molecule has 7 fully saturated rings. The van der Waals surface area contributed by atoms with Crippen molar-refractivity contribution in [2.24, 2.45) is 52.8 Å². The van der Waals surface area contributed by atoms with Crippen LogP contribution in [0.2, 0.25) is 0 Å². The third-order valence-corrected chi connectivity index (χ3v) is 15.4. The normalized spacial score (nSPS) is 54.6. The third kappa shape index (κ3) is 4.37. The average Bonchev–Trinajstić information content (AvgIpc) is 3.41. The van der Waals surface area contributed by atoms with Gasteiger partial charge in [0.25, 0.3) is 0 Å². The zero-order valence-corrected chi connectivity index (χ0v) is 28.9. The summed E-state index contributed by atoms with van der Waals surface area (Å²) in [6.07, 6.45) is 3.78. The molecule has 0 aromatic rings. The lowest BCUT2D eigenvalue weighted by atomic mass is 9.47. The summed E-state index contributed by atoms with van der Waals surface area (Å²) < 4.78 is 6.96. The second kappa shape index (κ2) is 11.1. The van der Waals surface area contributed by atoms with E-state index in [2.05, 4.69) is 25.7 Å². The molecule has 3 saturated heterocycles. The number of carboxylic acids is 2. The summed E-state index contributed by atoms with van der Waals surface area (Å²) in [6, 6.07) is 0.267. The van der Waals surface area contributed by atoms with E-state index in [1.165, 1.54) is 26.0 Å². The number of aliphatic carboxylic acids is 2. The Morgan fingerprint density at radius 1 is 0.896 bits per heavy atom. The molecule has 7 N–H and O–H groups in total. The predicted octanol–water partition coefficient (Wildman–Crippen LogP) is 2.54. The van der Waals surface area contributed by atoms with Crippen LogP contribution in [0.15, 0.2) is 23.3 Å². The molecular formula is C37H55NO10. The van der Waals surface area contributed by atoms with Crippen molar-refractivity contribution in [2.45, 2.75) is 127 Å². The van der Waals surface area contributed by atoms with Gasteiger partial charge in [0, 0.05) is 59.9 Å². The second-order valence-electron chi connectivity index (χ2n) is 17.4. The Morgan fingerprint density at radius 3 is 2.19 bits per heavy atom. The summed E-state index contributed by atoms with van der Waals surface area (Å²) >= 11 is 0. The van der Waals surface area contributed by atoms with Gasteiger partial charge in [-0.1, -0.05) is 32.9 Å². The second-order valence-corrected chi connectivity index (χ2v) is 17.4. The topological polar surface area (TPSA) is 188 Å². The SMILES string of the molecule is C/C(=C/C[C@@]1(O)[C@H]2[C@@H](C[C@]34O[C@@]5(O)C(C[C@@H](O)[C@@H]23)[C@]4(C)CC[C@@]5(O)C/C=C(/C)C(=O)O)[C@@H]2CN3C[C@@H](C)CC[C@H]3[C@H](C)[C@H]2[C@H]1O)C(=O)O. The number of piperidine rings is 2. The minimum Gasteiger partial charge on any atom is -0.478 e. The number of carbonyl (C=O) groups is 2. The molecular weight excluding hydrogens is 618 g/mol. The lowest BCUT2D eigenvalue weighted by Crippen LogP contribution is -2.70. The van der Waals surface area contributed by atoms with Gasteiger partial charge in [-0.15, -0.1) is 0 Å². The molecule has 0 aromatic heterocycles. The van der Waals surface area contributed by atoms with Crippen LogP contribution < -0.4 is 0 Å². The standard InChI is InChI=1S/C37H55NO10/c1-18-6-7-24-21(4)27-23(17-38(24)16-18)22-15-36-29(28(22)35(46,30(27)40)11-9-20(3)32(43)44)25(39)14-26-33(36,5)12-13-34(45,37(26,47)48-36)10-8-19(2)31(41)42/h8-9,18,21-30,39-40,45-47H,6-7,10-17H2,1-5H3,(H,41,42)(H,43,44)/b19-8-,20-9-/t18-,21-,22-,23-,24-,25+,26?,27+,28-,29-,30+,33-,34-,35+,36-,37-/m0/s1. The maximum atomic E-state index is 13.0. The first kappa shape index (κ1) is 34.6. The Morgan fingerprint density at radius 2 is 1.54 bits per heavy atom. The molecule has 11 nitrogen and oxygen atoms in total. The molecule has 4 aliphatic carbocycles. The van der Waals surface area contributed by atoms with Crippen LogP contribution in [-0.4, -0.2) is 107 Å². The number of ether oxygens (including phenoxy) is 1. The molecule has 3 heterocycles. The molecule has 4 bridgehead atoms. The van der Waals surface area contributed by atoms with Crippen molar-refractivity contribution in [3.05, 3.63) is 23.3 Å². The quantitative estimate of drug-likeness (QED) is 0.205. The van der Waals surface area contributed by atoms with Gasteiger partial charge in [-0.3, -0.25) is 4.90 Å². The summed E-state index contributed by atoms with van der Waals surface area (Å²) in [7, 11) is 0. The van der Waals surface area contributed by atoms with Crippen LogP contribution in [0.4, 0.5) is 0 Å². The van der Waals surface area contributed by atoms with Crippen molar-refractivity contribution in [1.29, 1.82) is 0 Å². The monoisotopic (exact) mass is 673 g/mol. The molecule has 48 heavy (non-hydrogen) atoms. The van der Waals surface area contributed by atoms with Crippen molar-refractivity contribution in [3.63, 3.8) is 0 Å². The van der Waals surface area contributed by atoms with E-state index in [1.54, 1.807) is 0 Å². The number of nitrogens with zero attached hydrogens (tertiary/aromatic N) is 1. The Hall–Kier alpha value is -1.86. The zero-order chi connectivity index (χ0) is 34.9. The van der Waals surface area contributed by atoms with Crippen molar-refractivity contribution in [1.82, 2.24) is 4.90 Å².